The molecule has 1 aromatic heterocycles. The van der Waals surface area contributed by atoms with Crippen LogP contribution in [0.5, 0.6) is 5.75 Å². The van der Waals surface area contributed by atoms with Gasteiger partial charge >= 0.3 is 5.97 Å². The molecule has 1 unspecified atom stereocenters. The number of benzene rings is 2. The van der Waals surface area contributed by atoms with Crippen LogP contribution in [0.3, 0.4) is 0 Å². The molecule has 7 heteroatoms. The molecule has 30 heavy (non-hydrogen) atoms. The number of ether oxygens (including phenoxy) is 2. The van der Waals surface area contributed by atoms with Gasteiger partial charge in [-0.05, 0) is 48.5 Å². The van der Waals surface area contributed by atoms with Crippen molar-refractivity contribution in [3.05, 3.63) is 82.2 Å². The van der Waals surface area contributed by atoms with E-state index in [0.717, 1.165) is 22.6 Å². The van der Waals surface area contributed by atoms with Gasteiger partial charge < -0.3 is 20.1 Å². The van der Waals surface area contributed by atoms with Crippen molar-refractivity contribution in [2.45, 2.75) is 19.4 Å². The summed E-state index contributed by atoms with van der Waals surface area (Å²) < 4.78 is 10.1. The van der Waals surface area contributed by atoms with Crippen LogP contribution in [-0.4, -0.2) is 25.3 Å². The molecule has 0 spiro atoms. The minimum absolute atomic E-state index is 0.0127. The van der Waals surface area contributed by atoms with Gasteiger partial charge in [0.25, 0.3) is 0 Å². The maximum Gasteiger partial charge on any atom is 0.340 e. The molecule has 0 saturated carbocycles. The minimum Gasteiger partial charge on any atom is -0.497 e. The number of esters is 1. The summed E-state index contributed by atoms with van der Waals surface area (Å²) in [5, 5.41) is 7.54. The standard InChI is InChI=1S/C23H24N2O3S2/c1-15(17-9-11-18(27-2)12-10-17)24-23(29)25-21-20(22(26)28-3)14-19(30-21)13-16-7-5-4-6-8-16/h4-12,14-15H,13H2,1-3H3,(H2,24,25,29). The van der Waals surface area contributed by atoms with Gasteiger partial charge in [0.05, 0.1) is 25.8 Å². The highest BCUT2D eigenvalue weighted by molar-refractivity contribution is 7.80. The van der Waals surface area contributed by atoms with E-state index in [4.69, 9.17) is 21.7 Å². The average Bonchev–Trinajstić information content (AvgIpc) is 3.15. The number of hydrogen-bond donors (Lipinski definition) is 2. The van der Waals surface area contributed by atoms with Crippen LogP contribution in [0.25, 0.3) is 0 Å². The Kier molecular flexibility index (Phi) is 7.43. The fourth-order valence-electron chi connectivity index (χ4n) is 2.99. The van der Waals surface area contributed by atoms with Gasteiger partial charge in [-0.15, -0.1) is 11.3 Å². The Morgan fingerprint density at radius 3 is 2.43 bits per heavy atom. The minimum atomic E-state index is -0.390. The number of rotatable bonds is 7. The lowest BCUT2D eigenvalue weighted by atomic mass is 10.1. The number of nitrogens with one attached hydrogen (secondary N) is 2. The summed E-state index contributed by atoms with van der Waals surface area (Å²) >= 11 is 6.99. The zero-order valence-electron chi connectivity index (χ0n) is 17.1. The van der Waals surface area contributed by atoms with Crippen molar-refractivity contribution >= 4 is 39.6 Å². The first-order chi connectivity index (χ1) is 14.5. The highest BCUT2D eigenvalue weighted by Crippen LogP contribution is 2.30. The Hall–Kier alpha value is -2.90. The van der Waals surface area contributed by atoms with Crippen LogP contribution in [0.4, 0.5) is 5.00 Å². The van der Waals surface area contributed by atoms with E-state index in [1.807, 2.05) is 55.5 Å². The average molecular weight is 441 g/mol. The zero-order valence-corrected chi connectivity index (χ0v) is 18.7. The molecular weight excluding hydrogens is 416 g/mol. The topological polar surface area (TPSA) is 59.6 Å². The molecule has 0 bridgehead atoms. The number of carbonyl (C=O) groups is 1. The molecule has 0 fully saturated rings. The Bertz CT molecular complexity index is 1000. The number of anilines is 1. The fourth-order valence-corrected chi connectivity index (χ4v) is 4.42. The smallest absolute Gasteiger partial charge is 0.340 e. The first-order valence-corrected chi connectivity index (χ1v) is 10.7. The number of carbonyl (C=O) groups excluding carboxylic acids is 1. The van der Waals surface area contributed by atoms with Crippen LogP contribution in [0, 0.1) is 0 Å². The van der Waals surface area contributed by atoms with Crippen molar-refractivity contribution in [1.29, 1.82) is 0 Å². The van der Waals surface area contributed by atoms with Gasteiger partial charge in [0, 0.05) is 11.3 Å². The highest BCUT2D eigenvalue weighted by atomic mass is 32.1. The molecule has 3 aromatic rings. The second kappa shape index (κ2) is 10.2. The normalized spacial score (nSPS) is 11.4. The second-order valence-corrected chi connectivity index (χ2v) is 8.25. The molecule has 0 amide bonds. The molecule has 0 aliphatic carbocycles. The van der Waals surface area contributed by atoms with Gasteiger partial charge in [0.2, 0.25) is 0 Å². The molecule has 5 nitrogen and oxygen atoms in total. The molecule has 156 valence electrons. The van der Waals surface area contributed by atoms with E-state index in [2.05, 4.69) is 22.8 Å². The predicted octanol–water partition coefficient (Wildman–Crippen LogP) is 5.18. The summed E-state index contributed by atoms with van der Waals surface area (Å²) in [4.78, 5) is 13.3. The van der Waals surface area contributed by atoms with Crippen molar-refractivity contribution in [3.63, 3.8) is 0 Å². The predicted molar refractivity (Wildman–Crippen MR) is 126 cm³/mol. The summed E-state index contributed by atoms with van der Waals surface area (Å²) in [7, 11) is 3.02. The Morgan fingerprint density at radius 1 is 1.10 bits per heavy atom. The molecule has 0 saturated heterocycles. The third-order valence-corrected chi connectivity index (χ3v) is 5.87. The lowest BCUT2D eigenvalue weighted by Crippen LogP contribution is -2.31. The van der Waals surface area contributed by atoms with Crippen molar-refractivity contribution in [1.82, 2.24) is 5.32 Å². The Labute approximate surface area is 186 Å². The fraction of sp³-hybridized carbons (Fsp3) is 0.217. The molecule has 2 aromatic carbocycles. The number of thiocarbonyl (C=S) groups is 1. The van der Waals surface area contributed by atoms with Gasteiger partial charge in [-0.25, -0.2) is 4.79 Å². The van der Waals surface area contributed by atoms with Gasteiger partial charge in [0.1, 0.15) is 10.8 Å². The number of hydrogen-bond acceptors (Lipinski definition) is 5. The monoisotopic (exact) mass is 440 g/mol. The quantitative estimate of drug-likeness (QED) is 0.390. The first-order valence-electron chi connectivity index (χ1n) is 9.46. The summed E-state index contributed by atoms with van der Waals surface area (Å²) in [5.74, 6) is 0.415. The van der Waals surface area contributed by atoms with E-state index in [-0.39, 0.29) is 12.0 Å². The summed E-state index contributed by atoms with van der Waals surface area (Å²) in [6, 6.07) is 19.8. The van der Waals surface area contributed by atoms with E-state index in [1.54, 1.807) is 7.11 Å². The number of thiophene rings is 1. The molecular formula is C23H24N2O3S2. The van der Waals surface area contributed by atoms with Crippen LogP contribution in [0.15, 0.2) is 60.7 Å². The lowest BCUT2D eigenvalue weighted by Gasteiger charge is -2.17. The van der Waals surface area contributed by atoms with Crippen molar-refractivity contribution in [2.24, 2.45) is 0 Å². The largest absolute Gasteiger partial charge is 0.497 e. The van der Waals surface area contributed by atoms with Crippen LogP contribution in [0.2, 0.25) is 0 Å². The Balaban J connectivity index is 1.71. The van der Waals surface area contributed by atoms with Gasteiger partial charge in [-0.1, -0.05) is 42.5 Å². The summed E-state index contributed by atoms with van der Waals surface area (Å²) in [5.41, 5.74) is 2.73. The lowest BCUT2D eigenvalue weighted by molar-refractivity contribution is 0.0602. The SMILES string of the molecule is COC(=O)c1cc(Cc2ccccc2)sc1NC(=S)NC(C)c1ccc(OC)cc1. The van der Waals surface area contributed by atoms with Crippen molar-refractivity contribution < 1.29 is 14.3 Å². The third kappa shape index (κ3) is 5.58. The molecule has 0 aliphatic rings. The molecule has 3 rings (SSSR count). The van der Waals surface area contributed by atoms with Crippen LogP contribution >= 0.6 is 23.6 Å². The van der Waals surface area contributed by atoms with E-state index in [1.165, 1.54) is 24.0 Å². The second-order valence-electron chi connectivity index (χ2n) is 6.70. The van der Waals surface area contributed by atoms with Crippen LogP contribution in [0.1, 0.15) is 39.3 Å². The molecule has 2 N–H and O–H groups in total. The summed E-state index contributed by atoms with van der Waals surface area (Å²) in [6.45, 7) is 2.02. The van der Waals surface area contributed by atoms with E-state index >= 15 is 0 Å². The molecule has 0 radical (unpaired) electrons. The van der Waals surface area contributed by atoms with Gasteiger partial charge in [-0.3, -0.25) is 0 Å². The number of methoxy groups -OCH3 is 2. The van der Waals surface area contributed by atoms with E-state index in [9.17, 15) is 4.79 Å². The highest BCUT2D eigenvalue weighted by Gasteiger charge is 2.18. The van der Waals surface area contributed by atoms with Crippen molar-refractivity contribution in [2.75, 3.05) is 19.5 Å². The van der Waals surface area contributed by atoms with Crippen molar-refractivity contribution in [3.8, 4) is 5.75 Å². The maximum absolute atomic E-state index is 12.3. The molecule has 1 atom stereocenters. The Morgan fingerprint density at radius 2 is 1.80 bits per heavy atom. The molecule has 1 heterocycles. The van der Waals surface area contributed by atoms with Gasteiger partial charge in [-0.2, -0.15) is 0 Å². The third-order valence-electron chi connectivity index (χ3n) is 4.60. The van der Waals surface area contributed by atoms with Crippen LogP contribution in [-0.2, 0) is 11.2 Å². The molecule has 0 aliphatic heterocycles. The summed E-state index contributed by atoms with van der Waals surface area (Å²) in [6.07, 6.45) is 0.736. The maximum atomic E-state index is 12.3. The zero-order chi connectivity index (χ0) is 21.5. The van der Waals surface area contributed by atoms with E-state index < -0.39 is 0 Å². The van der Waals surface area contributed by atoms with E-state index in [0.29, 0.717) is 15.7 Å². The van der Waals surface area contributed by atoms with Crippen LogP contribution < -0.4 is 15.4 Å². The van der Waals surface area contributed by atoms with Gasteiger partial charge in [0.15, 0.2) is 5.11 Å². The first kappa shape index (κ1) is 21.8.